The SMILES string of the molecule is COc1ccc(S(=O)(=O)N(CC(=O)Nc2ccc(N3CCCC3)cc2)c2ccc(C)cc2)cc1Br. The molecule has 1 N–H and O–H groups in total. The number of halogens is 1. The van der Waals surface area contributed by atoms with E-state index in [4.69, 9.17) is 4.74 Å². The smallest absolute Gasteiger partial charge is 0.264 e. The number of methoxy groups -OCH3 is 1. The monoisotopic (exact) mass is 557 g/mol. The molecule has 0 spiro atoms. The Morgan fingerprint density at radius 2 is 1.69 bits per heavy atom. The van der Waals surface area contributed by atoms with Crippen LogP contribution in [0.2, 0.25) is 0 Å². The predicted octanol–water partition coefficient (Wildman–Crippen LogP) is 5.20. The second kappa shape index (κ2) is 10.7. The van der Waals surface area contributed by atoms with Crippen LogP contribution < -0.4 is 19.3 Å². The molecule has 1 amide bonds. The van der Waals surface area contributed by atoms with Crippen molar-refractivity contribution in [2.75, 3.05) is 41.3 Å². The first-order valence-electron chi connectivity index (χ1n) is 11.4. The van der Waals surface area contributed by atoms with E-state index in [1.807, 2.05) is 43.3 Å². The van der Waals surface area contributed by atoms with E-state index in [-0.39, 0.29) is 11.4 Å². The van der Waals surface area contributed by atoms with Crippen molar-refractivity contribution >= 4 is 48.9 Å². The quantitative estimate of drug-likeness (QED) is 0.411. The number of amides is 1. The molecule has 4 rings (SSSR count). The molecular formula is C26H28BrN3O4S. The van der Waals surface area contributed by atoms with Gasteiger partial charge in [0.1, 0.15) is 12.3 Å². The summed E-state index contributed by atoms with van der Waals surface area (Å²) in [5.74, 6) is 0.0802. The normalized spacial score (nSPS) is 13.5. The number of aryl methyl sites for hydroxylation is 1. The molecule has 0 saturated carbocycles. The van der Waals surface area contributed by atoms with Crippen LogP contribution in [-0.2, 0) is 14.8 Å². The van der Waals surface area contributed by atoms with Gasteiger partial charge in [-0.05, 0) is 90.3 Å². The number of nitrogens with zero attached hydrogens (tertiary/aromatic N) is 2. The van der Waals surface area contributed by atoms with Crippen molar-refractivity contribution in [1.29, 1.82) is 0 Å². The van der Waals surface area contributed by atoms with Gasteiger partial charge >= 0.3 is 0 Å². The van der Waals surface area contributed by atoms with Crippen LogP contribution in [0.15, 0.2) is 76.1 Å². The zero-order valence-corrected chi connectivity index (χ0v) is 22.1. The molecule has 184 valence electrons. The highest BCUT2D eigenvalue weighted by Gasteiger charge is 2.28. The molecule has 0 aliphatic carbocycles. The van der Waals surface area contributed by atoms with Gasteiger partial charge in [-0.15, -0.1) is 0 Å². The van der Waals surface area contributed by atoms with Crippen LogP contribution in [0.3, 0.4) is 0 Å². The number of nitrogens with one attached hydrogen (secondary N) is 1. The van der Waals surface area contributed by atoms with Gasteiger partial charge < -0.3 is 15.0 Å². The predicted molar refractivity (Wildman–Crippen MR) is 143 cm³/mol. The van der Waals surface area contributed by atoms with E-state index < -0.39 is 15.9 Å². The maximum absolute atomic E-state index is 13.6. The summed E-state index contributed by atoms with van der Waals surface area (Å²) in [7, 11) is -2.53. The third-order valence-corrected chi connectivity index (χ3v) is 8.33. The lowest BCUT2D eigenvalue weighted by molar-refractivity contribution is -0.114. The molecule has 7 nitrogen and oxygen atoms in total. The number of anilines is 3. The number of carbonyl (C=O) groups excluding carboxylic acids is 1. The van der Waals surface area contributed by atoms with Gasteiger partial charge in [0.25, 0.3) is 10.0 Å². The number of ether oxygens (including phenoxy) is 1. The summed E-state index contributed by atoms with van der Waals surface area (Å²) in [6.07, 6.45) is 2.37. The van der Waals surface area contributed by atoms with Crippen molar-refractivity contribution < 1.29 is 17.9 Å². The zero-order valence-electron chi connectivity index (χ0n) is 19.7. The fraction of sp³-hybridized carbons (Fsp3) is 0.269. The maximum Gasteiger partial charge on any atom is 0.264 e. The summed E-state index contributed by atoms with van der Waals surface area (Å²) in [5.41, 5.74) is 3.13. The fourth-order valence-electron chi connectivity index (χ4n) is 4.02. The summed E-state index contributed by atoms with van der Waals surface area (Å²) in [5, 5.41) is 2.83. The molecule has 35 heavy (non-hydrogen) atoms. The van der Waals surface area contributed by atoms with Crippen molar-refractivity contribution in [2.24, 2.45) is 0 Å². The number of benzene rings is 3. The van der Waals surface area contributed by atoms with Crippen molar-refractivity contribution in [3.05, 3.63) is 76.8 Å². The van der Waals surface area contributed by atoms with Crippen LogP contribution in [0, 0.1) is 6.92 Å². The van der Waals surface area contributed by atoms with E-state index in [1.165, 1.54) is 32.1 Å². The second-order valence-electron chi connectivity index (χ2n) is 8.43. The molecule has 1 aliphatic heterocycles. The lowest BCUT2D eigenvalue weighted by atomic mass is 10.2. The standard InChI is InChI=1S/C26H28BrN3O4S/c1-19-5-9-22(10-6-19)30(35(32,33)23-13-14-25(34-2)24(27)17-23)18-26(31)28-20-7-11-21(12-8-20)29-15-3-4-16-29/h5-14,17H,3-4,15-16,18H2,1-2H3,(H,28,31). The molecular weight excluding hydrogens is 530 g/mol. The fourth-order valence-corrected chi connectivity index (χ4v) is 6.16. The topological polar surface area (TPSA) is 79.0 Å². The van der Waals surface area contributed by atoms with Crippen LogP contribution in [0.5, 0.6) is 5.75 Å². The van der Waals surface area contributed by atoms with Crippen molar-refractivity contribution in [1.82, 2.24) is 0 Å². The summed E-state index contributed by atoms with van der Waals surface area (Å²) < 4.78 is 34.1. The third kappa shape index (κ3) is 5.79. The van der Waals surface area contributed by atoms with Crippen LogP contribution in [0.25, 0.3) is 0 Å². The van der Waals surface area contributed by atoms with Gasteiger partial charge in [0.2, 0.25) is 5.91 Å². The average Bonchev–Trinajstić information content (AvgIpc) is 3.38. The van der Waals surface area contributed by atoms with Crippen LogP contribution in [0.1, 0.15) is 18.4 Å². The summed E-state index contributed by atoms with van der Waals surface area (Å²) >= 11 is 3.35. The number of hydrogen-bond acceptors (Lipinski definition) is 5. The highest BCUT2D eigenvalue weighted by Crippen LogP contribution is 2.31. The molecule has 1 aliphatic rings. The molecule has 0 atom stereocenters. The van der Waals surface area contributed by atoms with E-state index in [0.717, 1.165) is 28.6 Å². The Labute approximate surface area is 214 Å². The van der Waals surface area contributed by atoms with Crippen molar-refractivity contribution in [2.45, 2.75) is 24.7 Å². The van der Waals surface area contributed by atoms with E-state index in [9.17, 15) is 13.2 Å². The van der Waals surface area contributed by atoms with Gasteiger partial charge in [-0.25, -0.2) is 8.42 Å². The van der Waals surface area contributed by atoms with E-state index >= 15 is 0 Å². The first-order chi connectivity index (χ1) is 16.8. The van der Waals surface area contributed by atoms with Gasteiger partial charge in [0.05, 0.1) is 22.2 Å². The number of sulfonamides is 1. The molecule has 0 unspecified atom stereocenters. The van der Waals surface area contributed by atoms with Crippen LogP contribution in [-0.4, -0.2) is 41.1 Å². The van der Waals surface area contributed by atoms with Crippen molar-refractivity contribution in [3.8, 4) is 5.75 Å². The van der Waals surface area contributed by atoms with Crippen LogP contribution in [0.4, 0.5) is 17.1 Å². The highest BCUT2D eigenvalue weighted by atomic mass is 79.9. The lowest BCUT2D eigenvalue weighted by Gasteiger charge is -2.24. The summed E-state index contributed by atoms with van der Waals surface area (Å²) in [6, 6.07) is 19.2. The Hall–Kier alpha value is -3.04. The maximum atomic E-state index is 13.6. The Morgan fingerprint density at radius 3 is 2.29 bits per heavy atom. The first kappa shape index (κ1) is 25.1. The molecule has 9 heteroatoms. The number of rotatable bonds is 8. The van der Waals surface area contributed by atoms with Crippen molar-refractivity contribution in [3.63, 3.8) is 0 Å². The lowest BCUT2D eigenvalue weighted by Crippen LogP contribution is -2.38. The molecule has 0 aromatic heterocycles. The summed E-state index contributed by atoms with van der Waals surface area (Å²) in [6.45, 7) is 3.62. The number of carbonyl (C=O) groups is 1. The van der Waals surface area contributed by atoms with E-state index in [2.05, 4.69) is 26.1 Å². The molecule has 3 aromatic carbocycles. The largest absolute Gasteiger partial charge is 0.496 e. The Morgan fingerprint density at radius 1 is 1.03 bits per heavy atom. The highest BCUT2D eigenvalue weighted by molar-refractivity contribution is 9.10. The Bertz CT molecular complexity index is 1290. The van der Waals surface area contributed by atoms with Gasteiger partial charge in [-0.1, -0.05) is 17.7 Å². The third-order valence-electron chi connectivity index (χ3n) is 5.94. The van der Waals surface area contributed by atoms with Crippen LogP contribution >= 0.6 is 15.9 Å². The second-order valence-corrected chi connectivity index (χ2v) is 11.1. The molecule has 1 heterocycles. The van der Waals surface area contributed by atoms with E-state index in [1.54, 1.807) is 18.2 Å². The molecule has 0 radical (unpaired) electrons. The summed E-state index contributed by atoms with van der Waals surface area (Å²) in [4.78, 5) is 15.4. The zero-order chi connectivity index (χ0) is 25.0. The van der Waals surface area contributed by atoms with Gasteiger partial charge in [-0.3, -0.25) is 9.10 Å². The Balaban J connectivity index is 1.57. The minimum Gasteiger partial charge on any atom is -0.496 e. The van der Waals surface area contributed by atoms with Gasteiger partial charge in [-0.2, -0.15) is 0 Å². The minimum atomic E-state index is -4.04. The van der Waals surface area contributed by atoms with Gasteiger partial charge in [0, 0.05) is 24.5 Å². The molecule has 1 saturated heterocycles. The Kier molecular flexibility index (Phi) is 7.66. The first-order valence-corrected chi connectivity index (χ1v) is 13.6. The molecule has 3 aromatic rings. The molecule has 1 fully saturated rings. The van der Waals surface area contributed by atoms with Gasteiger partial charge in [0.15, 0.2) is 0 Å². The average molecular weight is 558 g/mol. The number of hydrogen-bond donors (Lipinski definition) is 1. The minimum absolute atomic E-state index is 0.0496. The molecule has 0 bridgehead atoms. The van der Waals surface area contributed by atoms with E-state index in [0.29, 0.717) is 21.6 Å².